The lowest BCUT2D eigenvalue weighted by Crippen LogP contribution is -2.36. The van der Waals surface area contributed by atoms with Gasteiger partial charge in [0.15, 0.2) is 0 Å². The summed E-state index contributed by atoms with van der Waals surface area (Å²) in [6.07, 6.45) is 0. The molecule has 0 heterocycles. The summed E-state index contributed by atoms with van der Waals surface area (Å²) in [7, 11) is 0. The van der Waals surface area contributed by atoms with Gasteiger partial charge in [0.2, 0.25) is 0 Å². The average Bonchev–Trinajstić information content (AvgIpc) is 2.78. The van der Waals surface area contributed by atoms with Gasteiger partial charge < -0.3 is 0 Å². The standard InChI is InChI=1S/C32H32/c1-21-7-11-23(12-8-21)25-15-17-27-29(19-25)31(3,4)28-18-16-26(20-30(28)32(27,5)6)24-13-9-22(2)10-14-24/h7-20H,1-6H3. The lowest BCUT2D eigenvalue weighted by Gasteiger charge is -2.44. The van der Waals surface area contributed by atoms with Gasteiger partial charge in [0.25, 0.3) is 0 Å². The first kappa shape index (κ1) is 20.8. The van der Waals surface area contributed by atoms with E-state index in [1.165, 1.54) is 55.6 Å². The second kappa shape index (κ2) is 7.20. The molecule has 0 fully saturated rings. The highest BCUT2D eigenvalue weighted by molar-refractivity contribution is 5.72. The number of hydrogen-bond acceptors (Lipinski definition) is 0. The first-order valence-corrected chi connectivity index (χ1v) is 11.6. The Morgan fingerprint density at radius 3 is 1.03 bits per heavy atom. The summed E-state index contributed by atoms with van der Waals surface area (Å²) >= 11 is 0. The van der Waals surface area contributed by atoms with Gasteiger partial charge in [0.1, 0.15) is 0 Å². The Labute approximate surface area is 193 Å². The molecule has 0 atom stereocenters. The van der Waals surface area contributed by atoms with Crippen LogP contribution >= 0.6 is 0 Å². The summed E-state index contributed by atoms with van der Waals surface area (Å²) in [6.45, 7) is 13.8. The van der Waals surface area contributed by atoms with E-state index >= 15 is 0 Å². The second-order valence-electron chi connectivity index (χ2n) is 10.5. The fourth-order valence-corrected chi connectivity index (χ4v) is 5.35. The van der Waals surface area contributed by atoms with Crippen LogP contribution in [0.15, 0.2) is 84.9 Å². The van der Waals surface area contributed by atoms with Gasteiger partial charge in [-0.1, -0.05) is 112 Å². The van der Waals surface area contributed by atoms with Crippen molar-refractivity contribution in [3.8, 4) is 22.3 Å². The Morgan fingerprint density at radius 1 is 0.375 bits per heavy atom. The minimum Gasteiger partial charge on any atom is -0.0587 e. The van der Waals surface area contributed by atoms with E-state index in [1.807, 2.05) is 0 Å². The largest absolute Gasteiger partial charge is 0.0587 e. The fraction of sp³-hybridized carbons (Fsp3) is 0.250. The molecule has 160 valence electrons. The molecule has 32 heavy (non-hydrogen) atoms. The van der Waals surface area contributed by atoms with E-state index in [-0.39, 0.29) is 10.8 Å². The predicted octanol–water partition coefficient (Wildman–Crippen LogP) is 8.60. The highest BCUT2D eigenvalue weighted by atomic mass is 14.4. The summed E-state index contributed by atoms with van der Waals surface area (Å²) in [5.41, 5.74) is 13.4. The second-order valence-corrected chi connectivity index (χ2v) is 10.5. The van der Waals surface area contributed by atoms with Crippen LogP contribution in [0.1, 0.15) is 61.1 Å². The number of fused-ring (bicyclic) bond motifs is 2. The minimum atomic E-state index is -0.0489. The van der Waals surface area contributed by atoms with Crippen LogP contribution in [0.2, 0.25) is 0 Å². The van der Waals surface area contributed by atoms with Gasteiger partial charge in [-0.15, -0.1) is 0 Å². The van der Waals surface area contributed by atoms with Crippen molar-refractivity contribution in [3.63, 3.8) is 0 Å². The Morgan fingerprint density at radius 2 is 0.688 bits per heavy atom. The molecule has 0 nitrogen and oxygen atoms in total. The third kappa shape index (κ3) is 3.21. The van der Waals surface area contributed by atoms with E-state index in [0.29, 0.717) is 0 Å². The molecule has 4 aromatic carbocycles. The lowest BCUT2D eigenvalue weighted by atomic mass is 9.59. The molecule has 0 bridgehead atoms. The molecule has 4 aromatic rings. The zero-order chi connectivity index (χ0) is 22.7. The van der Waals surface area contributed by atoms with Crippen molar-refractivity contribution >= 4 is 0 Å². The zero-order valence-electron chi connectivity index (χ0n) is 20.1. The third-order valence-electron chi connectivity index (χ3n) is 7.50. The molecule has 0 spiro atoms. The van der Waals surface area contributed by atoms with E-state index in [4.69, 9.17) is 0 Å². The van der Waals surface area contributed by atoms with Gasteiger partial charge in [0.05, 0.1) is 0 Å². The lowest BCUT2D eigenvalue weighted by molar-refractivity contribution is 0.521. The van der Waals surface area contributed by atoms with E-state index in [1.54, 1.807) is 0 Å². The summed E-state index contributed by atoms with van der Waals surface area (Å²) in [4.78, 5) is 0. The van der Waals surface area contributed by atoms with Crippen LogP contribution < -0.4 is 0 Å². The maximum Gasteiger partial charge on any atom is 0.0152 e. The van der Waals surface area contributed by atoms with E-state index in [0.717, 1.165) is 0 Å². The van der Waals surface area contributed by atoms with Gasteiger partial charge in [-0.05, 0) is 70.5 Å². The van der Waals surface area contributed by atoms with Crippen molar-refractivity contribution in [2.24, 2.45) is 0 Å². The van der Waals surface area contributed by atoms with Crippen LogP contribution in [0.25, 0.3) is 22.3 Å². The van der Waals surface area contributed by atoms with Crippen molar-refractivity contribution in [2.45, 2.75) is 52.4 Å². The SMILES string of the molecule is Cc1ccc(-c2ccc3c(c2)C(C)(C)c2ccc(-c4ccc(C)cc4)cc2C3(C)C)cc1. The van der Waals surface area contributed by atoms with E-state index in [9.17, 15) is 0 Å². The smallest absolute Gasteiger partial charge is 0.0152 e. The Kier molecular flexibility index (Phi) is 4.67. The quantitative estimate of drug-likeness (QED) is 0.307. The summed E-state index contributed by atoms with van der Waals surface area (Å²) in [5, 5.41) is 0. The molecule has 0 heteroatoms. The Balaban J connectivity index is 1.66. The monoisotopic (exact) mass is 416 g/mol. The third-order valence-corrected chi connectivity index (χ3v) is 7.50. The van der Waals surface area contributed by atoms with Gasteiger partial charge in [-0.2, -0.15) is 0 Å². The maximum absolute atomic E-state index is 2.43. The molecule has 1 aliphatic carbocycles. The minimum absolute atomic E-state index is 0.0489. The Hall–Kier alpha value is -3.12. The molecular formula is C32H32. The molecule has 0 aromatic heterocycles. The van der Waals surface area contributed by atoms with Gasteiger partial charge in [-0.25, -0.2) is 0 Å². The van der Waals surface area contributed by atoms with Crippen molar-refractivity contribution in [1.29, 1.82) is 0 Å². The number of benzene rings is 4. The number of hydrogen-bond donors (Lipinski definition) is 0. The van der Waals surface area contributed by atoms with Crippen molar-refractivity contribution < 1.29 is 0 Å². The van der Waals surface area contributed by atoms with Gasteiger partial charge in [-0.3, -0.25) is 0 Å². The molecular weight excluding hydrogens is 384 g/mol. The van der Waals surface area contributed by atoms with Crippen LogP contribution in [0.3, 0.4) is 0 Å². The molecule has 5 rings (SSSR count). The van der Waals surface area contributed by atoms with Crippen LogP contribution in [0.5, 0.6) is 0 Å². The molecule has 0 amide bonds. The van der Waals surface area contributed by atoms with Crippen LogP contribution in [-0.4, -0.2) is 0 Å². The van der Waals surface area contributed by atoms with E-state index < -0.39 is 0 Å². The summed E-state index contributed by atoms with van der Waals surface area (Å²) in [6, 6.07) is 31.9. The topological polar surface area (TPSA) is 0 Å². The zero-order valence-corrected chi connectivity index (χ0v) is 20.1. The first-order valence-electron chi connectivity index (χ1n) is 11.6. The number of rotatable bonds is 2. The highest BCUT2D eigenvalue weighted by Crippen LogP contribution is 2.51. The average molecular weight is 417 g/mol. The molecule has 0 saturated carbocycles. The highest BCUT2D eigenvalue weighted by Gasteiger charge is 2.41. The van der Waals surface area contributed by atoms with Crippen molar-refractivity contribution in [2.75, 3.05) is 0 Å². The molecule has 1 aliphatic rings. The molecule has 0 saturated heterocycles. The maximum atomic E-state index is 2.43. The fourth-order valence-electron chi connectivity index (χ4n) is 5.35. The van der Waals surface area contributed by atoms with Crippen LogP contribution in [-0.2, 0) is 10.8 Å². The first-order chi connectivity index (χ1) is 15.2. The summed E-state index contributed by atoms with van der Waals surface area (Å²) < 4.78 is 0. The Bertz CT molecular complexity index is 1190. The van der Waals surface area contributed by atoms with Crippen molar-refractivity contribution in [1.82, 2.24) is 0 Å². The van der Waals surface area contributed by atoms with Gasteiger partial charge >= 0.3 is 0 Å². The molecule has 0 aliphatic heterocycles. The normalized spacial score (nSPS) is 15.7. The summed E-state index contributed by atoms with van der Waals surface area (Å²) in [5.74, 6) is 0. The molecule has 0 N–H and O–H groups in total. The number of aryl methyl sites for hydroxylation is 2. The predicted molar refractivity (Wildman–Crippen MR) is 137 cm³/mol. The molecule has 0 unspecified atom stereocenters. The molecule has 0 radical (unpaired) electrons. The van der Waals surface area contributed by atoms with Gasteiger partial charge in [0, 0.05) is 10.8 Å². The van der Waals surface area contributed by atoms with Crippen LogP contribution in [0, 0.1) is 13.8 Å². The van der Waals surface area contributed by atoms with Crippen LogP contribution in [0.4, 0.5) is 0 Å². The van der Waals surface area contributed by atoms with Crippen molar-refractivity contribution in [3.05, 3.63) is 118 Å². The van der Waals surface area contributed by atoms with E-state index in [2.05, 4.69) is 126 Å².